The van der Waals surface area contributed by atoms with Crippen LogP contribution in [0.3, 0.4) is 0 Å². The van der Waals surface area contributed by atoms with Crippen LogP contribution in [-0.4, -0.2) is 26.8 Å². The molecule has 2 aromatic rings. The van der Waals surface area contributed by atoms with E-state index in [1.54, 1.807) is 18.2 Å². The van der Waals surface area contributed by atoms with Crippen LogP contribution in [0.15, 0.2) is 41.3 Å². The molecule has 0 radical (unpaired) electrons. The predicted octanol–water partition coefficient (Wildman–Crippen LogP) is 2.54. The lowest BCUT2D eigenvalue weighted by atomic mass is 10.00. The van der Waals surface area contributed by atoms with E-state index in [1.807, 2.05) is 6.07 Å². The van der Waals surface area contributed by atoms with Crippen LogP contribution in [0, 0.1) is 0 Å². The Morgan fingerprint density at radius 1 is 0.966 bits per heavy atom. The number of amides is 2. The summed E-state index contributed by atoms with van der Waals surface area (Å²) < 4.78 is 26.6. The molecule has 9 heteroatoms. The summed E-state index contributed by atoms with van der Waals surface area (Å²) in [5.74, 6) is -0.816. The molecule has 0 aliphatic heterocycles. The smallest absolute Gasteiger partial charge is 0.273 e. The largest absolute Gasteiger partial charge is 0.279 e. The Balaban J connectivity index is 1.44. The first-order valence-corrected chi connectivity index (χ1v) is 12.0. The molecule has 0 fully saturated rings. The van der Waals surface area contributed by atoms with E-state index in [4.69, 9.17) is 0 Å². The molecule has 7 nitrogen and oxygen atoms in total. The molecule has 156 valence electrons. The molecule has 0 unspecified atom stereocenters. The number of carbonyl (C=O) groups is 2. The summed E-state index contributed by atoms with van der Waals surface area (Å²) in [5, 5.41) is 0. The molecule has 1 aromatic heterocycles. The molecule has 1 aliphatic rings. The van der Waals surface area contributed by atoms with E-state index in [0.717, 1.165) is 25.7 Å². The summed E-state index contributed by atoms with van der Waals surface area (Å²) in [6, 6.07) is 9.86. The van der Waals surface area contributed by atoms with Crippen molar-refractivity contribution in [3.05, 3.63) is 51.7 Å². The Labute approximate surface area is 174 Å². The van der Waals surface area contributed by atoms with Gasteiger partial charge >= 0.3 is 0 Å². The number of hydrazine groups is 1. The minimum absolute atomic E-state index is 0.0633. The number of hydrogen-bond acceptors (Lipinski definition) is 5. The molecule has 1 aliphatic carbocycles. The molecule has 0 bridgehead atoms. The molecule has 0 saturated heterocycles. The SMILES string of the molecule is O=C(CCNS(=O)(=O)c1ccccc1)NNC(=O)c1cc2c(s1)CCCCCC2. The molecule has 3 N–H and O–H groups in total. The van der Waals surface area contributed by atoms with Gasteiger partial charge in [0.2, 0.25) is 15.9 Å². The molecular formula is C20H25N3O4S2. The highest BCUT2D eigenvalue weighted by molar-refractivity contribution is 7.89. The fourth-order valence-corrected chi connectivity index (χ4v) is 5.39. The Morgan fingerprint density at radius 3 is 2.45 bits per heavy atom. The zero-order chi connectivity index (χ0) is 20.7. The quantitative estimate of drug-likeness (QED) is 0.607. The third-order valence-electron chi connectivity index (χ3n) is 4.73. The van der Waals surface area contributed by atoms with E-state index in [0.29, 0.717) is 4.88 Å². The third kappa shape index (κ3) is 6.12. The van der Waals surface area contributed by atoms with Gasteiger partial charge in [0.15, 0.2) is 0 Å². The van der Waals surface area contributed by atoms with E-state index in [1.165, 1.54) is 46.8 Å². The van der Waals surface area contributed by atoms with Crippen LogP contribution in [0.1, 0.15) is 52.2 Å². The number of benzene rings is 1. The Kier molecular flexibility index (Phi) is 7.40. The Morgan fingerprint density at radius 2 is 1.69 bits per heavy atom. The average Bonchev–Trinajstić information content (AvgIpc) is 3.08. The second kappa shape index (κ2) is 10.00. The zero-order valence-electron chi connectivity index (χ0n) is 16.1. The van der Waals surface area contributed by atoms with Crippen LogP contribution < -0.4 is 15.6 Å². The highest BCUT2D eigenvalue weighted by Crippen LogP contribution is 2.28. The number of sulfonamides is 1. The van der Waals surface area contributed by atoms with E-state index >= 15 is 0 Å². The van der Waals surface area contributed by atoms with Gasteiger partial charge in [0.1, 0.15) is 0 Å². The minimum Gasteiger partial charge on any atom is -0.273 e. The van der Waals surface area contributed by atoms with Gasteiger partial charge in [-0.05, 0) is 49.4 Å². The topological polar surface area (TPSA) is 104 Å². The van der Waals surface area contributed by atoms with Gasteiger partial charge in [0.05, 0.1) is 9.77 Å². The number of carbonyl (C=O) groups excluding carboxylic acids is 2. The van der Waals surface area contributed by atoms with E-state index < -0.39 is 15.9 Å². The maximum atomic E-state index is 12.3. The first kappa shape index (κ1) is 21.5. The summed E-state index contributed by atoms with van der Waals surface area (Å²) >= 11 is 1.48. The summed E-state index contributed by atoms with van der Waals surface area (Å²) in [4.78, 5) is 26.2. The molecule has 3 rings (SSSR count). The first-order chi connectivity index (χ1) is 14.0. The molecule has 0 atom stereocenters. The number of fused-ring (bicyclic) bond motifs is 1. The standard InChI is InChI=1S/C20H25N3O4S2/c24-19(12-13-21-29(26,27)16-9-5-3-6-10-16)22-23-20(25)18-14-15-8-4-1-2-7-11-17(15)28-18/h3,5-6,9-10,14,21H,1-2,4,7-8,11-13H2,(H,22,24)(H,23,25). The number of hydrogen-bond donors (Lipinski definition) is 3. The van der Waals surface area contributed by atoms with Crippen LogP contribution in [0.2, 0.25) is 0 Å². The second-order valence-electron chi connectivity index (χ2n) is 6.94. The lowest BCUT2D eigenvalue weighted by molar-refractivity contribution is -0.121. The van der Waals surface area contributed by atoms with Crippen molar-refractivity contribution in [1.29, 1.82) is 0 Å². The average molecular weight is 436 g/mol. The number of nitrogens with one attached hydrogen (secondary N) is 3. The van der Waals surface area contributed by atoms with Crippen LogP contribution in [0.5, 0.6) is 0 Å². The predicted molar refractivity (Wildman–Crippen MR) is 112 cm³/mol. The molecule has 29 heavy (non-hydrogen) atoms. The van der Waals surface area contributed by atoms with Crippen molar-refractivity contribution < 1.29 is 18.0 Å². The van der Waals surface area contributed by atoms with Crippen molar-refractivity contribution in [3.8, 4) is 0 Å². The van der Waals surface area contributed by atoms with E-state index in [9.17, 15) is 18.0 Å². The van der Waals surface area contributed by atoms with Crippen molar-refractivity contribution in [2.24, 2.45) is 0 Å². The zero-order valence-corrected chi connectivity index (χ0v) is 17.7. The van der Waals surface area contributed by atoms with Gasteiger partial charge in [-0.25, -0.2) is 13.1 Å². The van der Waals surface area contributed by atoms with Crippen molar-refractivity contribution >= 4 is 33.2 Å². The van der Waals surface area contributed by atoms with Crippen molar-refractivity contribution in [1.82, 2.24) is 15.6 Å². The second-order valence-corrected chi connectivity index (χ2v) is 9.84. The highest BCUT2D eigenvalue weighted by atomic mass is 32.2. The summed E-state index contributed by atoms with van der Waals surface area (Å²) in [7, 11) is -3.65. The van der Waals surface area contributed by atoms with Crippen molar-refractivity contribution in [3.63, 3.8) is 0 Å². The van der Waals surface area contributed by atoms with Gasteiger partial charge in [-0.3, -0.25) is 20.4 Å². The molecule has 0 saturated carbocycles. The van der Waals surface area contributed by atoms with Crippen LogP contribution in [0.25, 0.3) is 0 Å². The van der Waals surface area contributed by atoms with Gasteiger partial charge in [-0.15, -0.1) is 11.3 Å². The first-order valence-electron chi connectivity index (χ1n) is 9.71. The fraction of sp³-hybridized carbons (Fsp3) is 0.400. The van der Waals surface area contributed by atoms with Gasteiger partial charge in [-0.1, -0.05) is 31.0 Å². The van der Waals surface area contributed by atoms with Crippen LogP contribution in [0.4, 0.5) is 0 Å². The fourth-order valence-electron chi connectivity index (χ4n) is 3.19. The van der Waals surface area contributed by atoms with Crippen LogP contribution >= 0.6 is 11.3 Å². The maximum Gasteiger partial charge on any atom is 0.279 e. The molecule has 1 heterocycles. The Bertz CT molecular complexity index is 930. The Hall–Kier alpha value is -2.23. The van der Waals surface area contributed by atoms with Gasteiger partial charge < -0.3 is 0 Å². The van der Waals surface area contributed by atoms with Gasteiger partial charge in [0, 0.05) is 17.8 Å². The summed E-state index contributed by atoms with van der Waals surface area (Å²) in [5.41, 5.74) is 6.00. The number of rotatable bonds is 6. The normalized spacial score (nSPS) is 14.3. The maximum absolute atomic E-state index is 12.3. The van der Waals surface area contributed by atoms with E-state index in [-0.39, 0.29) is 23.8 Å². The molecule has 1 aromatic carbocycles. The van der Waals surface area contributed by atoms with Gasteiger partial charge in [0.25, 0.3) is 5.91 Å². The number of thiophene rings is 1. The highest BCUT2D eigenvalue weighted by Gasteiger charge is 2.17. The summed E-state index contributed by atoms with van der Waals surface area (Å²) in [6.45, 7) is -0.0633. The van der Waals surface area contributed by atoms with Crippen LogP contribution in [-0.2, 0) is 27.7 Å². The lowest BCUT2D eigenvalue weighted by Crippen LogP contribution is -2.42. The lowest BCUT2D eigenvalue weighted by Gasteiger charge is -2.08. The van der Waals surface area contributed by atoms with Crippen molar-refractivity contribution in [2.45, 2.75) is 49.8 Å². The van der Waals surface area contributed by atoms with Gasteiger partial charge in [-0.2, -0.15) is 0 Å². The number of aryl methyl sites for hydroxylation is 2. The van der Waals surface area contributed by atoms with E-state index in [2.05, 4.69) is 15.6 Å². The monoisotopic (exact) mass is 435 g/mol. The molecule has 0 spiro atoms. The molecule has 2 amide bonds. The summed E-state index contributed by atoms with van der Waals surface area (Å²) in [6.07, 6.45) is 6.63. The minimum atomic E-state index is -3.65. The third-order valence-corrected chi connectivity index (χ3v) is 7.45. The van der Waals surface area contributed by atoms with Crippen molar-refractivity contribution in [2.75, 3.05) is 6.54 Å². The molecular weight excluding hydrogens is 410 g/mol.